The number of benzene rings is 2. The zero-order chi connectivity index (χ0) is 13.7. The van der Waals surface area contributed by atoms with Crippen LogP contribution in [-0.4, -0.2) is 12.6 Å². The van der Waals surface area contributed by atoms with Crippen LogP contribution in [0, 0.1) is 0 Å². The van der Waals surface area contributed by atoms with E-state index < -0.39 is 0 Å². The quantitative estimate of drug-likeness (QED) is 0.907. The molecular formula is C15H15Cl2NO. The van der Waals surface area contributed by atoms with Crippen LogP contribution in [0.2, 0.25) is 10.0 Å². The monoisotopic (exact) mass is 295 g/mol. The van der Waals surface area contributed by atoms with Gasteiger partial charge in [-0.05, 0) is 42.3 Å². The molecule has 1 unspecified atom stereocenters. The van der Waals surface area contributed by atoms with Gasteiger partial charge in [-0.3, -0.25) is 0 Å². The molecule has 0 saturated carbocycles. The first-order valence-electron chi connectivity index (χ1n) is 6.02. The highest BCUT2D eigenvalue weighted by atomic mass is 35.5. The van der Waals surface area contributed by atoms with E-state index in [2.05, 4.69) is 0 Å². The minimum Gasteiger partial charge on any atom is -0.492 e. The highest BCUT2D eigenvalue weighted by Gasteiger charge is 2.07. The minimum atomic E-state index is -0.101. The van der Waals surface area contributed by atoms with Crippen LogP contribution in [0.5, 0.6) is 5.75 Å². The van der Waals surface area contributed by atoms with Gasteiger partial charge in [-0.2, -0.15) is 0 Å². The molecule has 0 fully saturated rings. The van der Waals surface area contributed by atoms with Gasteiger partial charge in [0.15, 0.2) is 0 Å². The Hall–Kier alpha value is -1.22. The zero-order valence-corrected chi connectivity index (χ0v) is 11.9. The van der Waals surface area contributed by atoms with Crippen LogP contribution in [-0.2, 0) is 6.42 Å². The summed E-state index contributed by atoms with van der Waals surface area (Å²) in [4.78, 5) is 0. The molecule has 0 aromatic heterocycles. The topological polar surface area (TPSA) is 35.2 Å². The first kappa shape index (κ1) is 14.2. The second-order valence-electron chi connectivity index (χ2n) is 4.32. The molecule has 2 nitrogen and oxygen atoms in total. The normalized spacial score (nSPS) is 12.2. The van der Waals surface area contributed by atoms with Crippen LogP contribution in [0.25, 0.3) is 0 Å². The zero-order valence-electron chi connectivity index (χ0n) is 10.4. The van der Waals surface area contributed by atoms with Crippen LogP contribution >= 0.6 is 23.2 Å². The van der Waals surface area contributed by atoms with Gasteiger partial charge in [0.25, 0.3) is 0 Å². The molecule has 0 aliphatic heterocycles. The fourth-order valence-corrected chi connectivity index (χ4v) is 2.08. The Bertz CT molecular complexity index is 528. The van der Waals surface area contributed by atoms with E-state index in [0.29, 0.717) is 18.1 Å². The van der Waals surface area contributed by atoms with Gasteiger partial charge in [0.2, 0.25) is 0 Å². The Morgan fingerprint density at radius 2 is 1.68 bits per heavy atom. The van der Waals surface area contributed by atoms with Crippen molar-refractivity contribution in [3.8, 4) is 5.75 Å². The maximum Gasteiger partial charge on any atom is 0.119 e. The third kappa shape index (κ3) is 4.43. The largest absolute Gasteiger partial charge is 0.492 e. The van der Waals surface area contributed by atoms with E-state index in [1.165, 1.54) is 0 Å². The van der Waals surface area contributed by atoms with Crippen LogP contribution in [0.15, 0.2) is 48.5 Å². The first-order valence-corrected chi connectivity index (χ1v) is 6.78. The van der Waals surface area contributed by atoms with Crippen LogP contribution < -0.4 is 10.5 Å². The third-order valence-electron chi connectivity index (χ3n) is 2.72. The molecule has 2 aromatic rings. The van der Waals surface area contributed by atoms with Gasteiger partial charge < -0.3 is 10.5 Å². The first-order chi connectivity index (χ1) is 9.15. The third-order valence-corrected chi connectivity index (χ3v) is 3.34. The van der Waals surface area contributed by atoms with Crippen LogP contribution in [0.4, 0.5) is 0 Å². The molecule has 1 atom stereocenters. The second-order valence-corrected chi connectivity index (χ2v) is 5.16. The van der Waals surface area contributed by atoms with E-state index in [4.69, 9.17) is 33.7 Å². The Kier molecular flexibility index (Phi) is 5.08. The molecule has 4 heteroatoms. The van der Waals surface area contributed by atoms with Crippen LogP contribution in [0.1, 0.15) is 5.56 Å². The summed E-state index contributed by atoms with van der Waals surface area (Å²) in [6.07, 6.45) is 0.688. The van der Waals surface area contributed by atoms with E-state index in [0.717, 1.165) is 16.3 Å². The summed E-state index contributed by atoms with van der Waals surface area (Å²) in [6, 6.07) is 14.8. The molecule has 0 aliphatic carbocycles. The molecule has 0 radical (unpaired) electrons. The van der Waals surface area contributed by atoms with Crippen molar-refractivity contribution in [2.45, 2.75) is 12.5 Å². The number of rotatable bonds is 5. The lowest BCUT2D eigenvalue weighted by atomic mass is 10.1. The van der Waals surface area contributed by atoms with Gasteiger partial charge in [0, 0.05) is 16.1 Å². The van der Waals surface area contributed by atoms with Gasteiger partial charge in [-0.15, -0.1) is 0 Å². The number of nitrogens with two attached hydrogens (primary N) is 1. The van der Waals surface area contributed by atoms with E-state index in [1.54, 1.807) is 12.1 Å². The summed E-state index contributed by atoms with van der Waals surface area (Å²) in [5.74, 6) is 0.763. The van der Waals surface area contributed by atoms with Gasteiger partial charge in [0.05, 0.1) is 0 Å². The van der Waals surface area contributed by atoms with Gasteiger partial charge >= 0.3 is 0 Å². The van der Waals surface area contributed by atoms with Crippen molar-refractivity contribution in [2.24, 2.45) is 5.73 Å². The molecule has 0 aliphatic rings. The van der Waals surface area contributed by atoms with Crippen molar-refractivity contribution in [1.82, 2.24) is 0 Å². The molecule has 0 saturated heterocycles. The number of ether oxygens (including phenoxy) is 1. The van der Waals surface area contributed by atoms with Gasteiger partial charge in [0.1, 0.15) is 12.4 Å². The Morgan fingerprint density at radius 3 is 2.37 bits per heavy atom. The average Bonchev–Trinajstić information content (AvgIpc) is 2.41. The lowest BCUT2D eigenvalue weighted by Crippen LogP contribution is -2.30. The average molecular weight is 296 g/mol. The number of hydrogen-bond donors (Lipinski definition) is 1. The predicted molar refractivity (Wildman–Crippen MR) is 80.1 cm³/mol. The molecular weight excluding hydrogens is 281 g/mol. The predicted octanol–water partition coefficient (Wildman–Crippen LogP) is 3.94. The van der Waals surface area contributed by atoms with Crippen molar-refractivity contribution in [1.29, 1.82) is 0 Å². The molecule has 19 heavy (non-hydrogen) atoms. The summed E-state index contributed by atoms with van der Waals surface area (Å²) in [7, 11) is 0. The highest BCUT2D eigenvalue weighted by Crippen LogP contribution is 2.18. The number of halogens is 2. The standard InChI is InChI=1S/C15H15Cl2NO/c16-12-5-7-14(8-6-12)19-10-13(18)9-11-3-1-2-4-15(11)17/h1-8,13H,9-10,18H2. The Balaban J connectivity index is 1.86. The molecule has 2 N–H and O–H groups in total. The van der Waals surface area contributed by atoms with Gasteiger partial charge in [-0.25, -0.2) is 0 Å². The van der Waals surface area contributed by atoms with Crippen molar-refractivity contribution in [3.63, 3.8) is 0 Å². The SMILES string of the molecule is NC(COc1ccc(Cl)cc1)Cc1ccccc1Cl. The molecule has 0 bridgehead atoms. The molecule has 2 aromatic carbocycles. The molecule has 2 rings (SSSR count). The van der Waals surface area contributed by atoms with Crippen molar-refractivity contribution in [2.75, 3.05) is 6.61 Å². The Morgan fingerprint density at radius 1 is 1.00 bits per heavy atom. The van der Waals surface area contributed by atoms with Gasteiger partial charge in [-0.1, -0.05) is 41.4 Å². The number of hydrogen-bond acceptors (Lipinski definition) is 2. The molecule has 0 heterocycles. The fraction of sp³-hybridized carbons (Fsp3) is 0.200. The van der Waals surface area contributed by atoms with E-state index in [1.807, 2.05) is 36.4 Å². The van der Waals surface area contributed by atoms with E-state index in [-0.39, 0.29) is 6.04 Å². The lowest BCUT2D eigenvalue weighted by molar-refractivity contribution is 0.287. The summed E-state index contributed by atoms with van der Waals surface area (Å²) >= 11 is 11.9. The summed E-state index contributed by atoms with van der Waals surface area (Å²) in [6.45, 7) is 0.437. The second kappa shape index (κ2) is 6.80. The van der Waals surface area contributed by atoms with Crippen LogP contribution in [0.3, 0.4) is 0 Å². The maximum atomic E-state index is 6.09. The summed E-state index contributed by atoms with van der Waals surface area (Å²) in [5, 5.41) is 1.43. The minimum absolute atomic E-state index is 0.101. The van der Waals surface area contributed by atoms with Crippen molar-refractivity contribution < 1.29 is 4.74 Å². The molecule has 100 valence electrons. The Labute approximate surface area is 123 Å². The van der Waals surface area contributed by atoms with E-state index >= 15 is 0 Å². The smallest absolute Gasteiger partial charge is 0.119 e. The maximum absolute atomic E-state index is 6.09. The lowest BCUT2D eigenvalue weighted by Gasteiger charge is -2.14. The fourth-order valence-electron chi connectivity index (χ4n) is 1.74. The summed E-state index contributed by atoms with van der Waals surface area (Å²) < 4.78 is 5.61. The van der Waals surface area contributed by atoms with Crippen molar-refractivity contribution >= 4 is 23.2 Å². The van der Waals surface area contributed by atoms with E-state index in [9.17, 15) is 0 Å². The molecule has 0 spiro atoms. The molecule has 0 amide bonds. The highest BCUT2D eigenvalue weighted by molar-refractivity contribution is 6.31. The summed E-state index contributed by atoms with van der Waals surface area (Å²) in [5.41, 5.74) is 7.08. The van der Waals surface area contributed by atoms with Crippen molar-refractivity contribution in [3.05, 3.63) is 64.1 Å².